The van der Waals surface area contributed by atoms with Gasteiger partial charge in [0, 0.05) is 40.2 Å². The number of rotatable bonds is 3. The van der Waals surface area contributed by atoms with E-state index < -0.39 is 23.4 Å². The van der Waals surface area contributed by atoms with Gasteiger partial charge in [-0.2, -0.15) is 0 Å². The van der Waals surface area contributed by atoms with Crippen molar-refractivity contribution in [1.82, 2.24) is 0 Å². The Balaban J connectivity index is 1.65. The first-order chi connectivity index (χ1) is 17.8. The zero-order valence-corrected chi connectivity index (χ0v) is 21.0. The second-order valence-electron chi connectivity index (χ2n) is 9.79. The number of hydrogen-bond acceptors (Lipinski definition) is 5. The van der Waals surface area contributed by atoms with Crippen molar-refractivity contribution in [2.45, 2.75) is 31.8 Å². The van der Waals surface area contributed by atoms with Crippen LogP contribution in [0.2, 0.25) is 5.02 Å². The van der Waals surface area contributed by atoms with Crippen LogP contribution >= 0.6 is 11.6 Å². The van der Waals surface area contributed by atoms with E-state index in [1.165, 1.54) is 13.8 Å². The molecule has 6 nitrogen and oxygen atoms in total. The van der Waals surface area contributed by atoms with E-state index in [1.54, 1.807) is 60.7 Å². The molecule has 3 aromatic rings. The van der Waals surface area contributed by atoms with E-state index in [9.17, 15) is 19.2 Å². The third kappa shape index (κ3) is 3.12. The van der Waals surface area contributed by atoms with Crippen LogP contribution in [0.3, 0.4) is 0 Å². The zero-order valence-electron chi connectivity index (χ0n) is 20.2. The number of halogens is 1. The van der Waals surface area contributed by atoms with Gasteiger partial charge in [0.1, 0.15) is 5.41 Å². The van der Waals surface area contributed by atoms with Gasteiger partial charge in [0.2, 0.25) is 5.91 Å². The van der Waals surface area contributed by atoms with Gasteiger partial charge in [0.15, 0.2) is 17.3 Å². The van der Waals surface area contributed by atoms with E-state index in [2.05, 4.69) is 5.32 Å². The molecule has 6 rings (SSSR count). The molecule has 184 valence electrons. The fourth-order valence-corrected chi connectivity index (χ4v) is 6.62. The van der Waals surface area contributed by atoms with Gasteiger partial charge in [-0.1, -0.05) is 66.2 Å². The van der Waals surface area contributed by atoms with Crippen LogP contribution in [-0.2, 0) is 9.59 Å². The van der Waals surface area contributed by atoms with Crippen LogP contribution in [0.25, 0.3) is 6.08 Å². The molecular weight excluding hydrogens is 488 g/mol. The van der Waals surface area contributed by atoms with Gasteiger partial charge in [-0.05, 0) is 36.8 Å². The topological polar surface area (TPSA) is 83.6 Å². The number of fused-ring (bicyclic) bond motifs is 5. The van der Waals surface area contributed by atoms with Crippen LogP contribution in [-0.4, -0.2) is 35.3 Å². The largest absolute Gasteiger partial charge is 0.352 e. The SMILES string of the molecule is CC(=O)Nc1cccc2c1C=C[C@H]1N2[C@@H](C(C)=O)[C@@H](c2ccc(Cl)cc2)C12C(=O)c1ccccc1C2=O. The van der Waals surface area contributed by atoms with Gasteiger partial charge >= 0.3 is 0 Å². The summed E-state index contributed by atoms with van der Waals surface area (Å²) in [6.07, 6.45) is 3.68. The van der Waals surface area contributed by atoms with Crippen molar-refractivity contribution in [3.63, 3.8) is 0 Å². The third-order valence-electron chi connectivity index (χ3n) is 7.80. The minimum absolute atomic E-state index is 0.162. The maximum absolute atomic E-state index is 14.4. The predicted octanol–water partition coefficient (Wildman–Crippen LogP) is 5.32. The fourth-order valence-electron chi connectivity index (χ4n) is 6.49. The van der Waals surface area contributed by atoms with Crippen molar-refractivity contribution in [1.29, 1.82) is 0 Å². The number of hydrogen-bond donors (Lipinski definition) is 1. The molecule has 3 atom stereocenters. The summed E-state index contributed by atoms with van der Waals surface area (Å²) in [4.78, 5) is 56.0. The molecule has 1 N–H and O–H groups in total. The predicted molar refractivity (Wildman–Crippen MR) is 142 cm³/mol. The van der Waals surface area contributed by atoms with Crippen LogP contribution in [0.5, 0.6) is 0 Å². The normalized spacial score (nSPS) is 22.6. The van der Waals surface area contributed by atoms with Crippen molar-refractivity contribution in [2.75, 3.05) is 10.2 Å². The Hall–Kier alpha value is -4.03. The average Bonchev–Trinajstić information content (AvgIpc) is 3.31. The van der Waals surface area contributed by atoms with Crippen molar-refractivity contribution >= 4 is 52.3 Å². The lowest BCUT2D eigenvalue weighted by atomic mass is 9.64. The third-order valence-corrected chi connectivity index (χ3v) is 8.05. The van der Waals surface area contributed by atoms with Gasteiger partial charge in [-0.3, -0.25) is 19.2 Å². The average molecular weight is 511 g/mol. The minimum atomic E-state index is -1.54. The molecular formula is C30H23ClN2O4. The quantitative estimate of drug-likeness (QED) is 0.482. The Kier molecular flexibility index (Phi) is 5.21. The molecule has 0 radical (unpaired) electrons. The van der Waals surface area contributed by atoms with Crippen LogP contribution in [0.1, 0.15) is 51.6 Å². The smallest absolute Gasteiger partial charge is 0.221 e. The van der Waals surface area contributed by atoms with Crippen molar-refractivity contribution in [3.05, 3.63) is 100 Å². The molecule has 1 spiro atoms. The molecule has 1 fully saturated rings. The molecule has 1 aliphatic carbocycles. The van der Waals surface area contributed by atoms with E-state index in [4.69, 9.17) is 11.6 Å². The van der Waals surface area contributed by atoms with Crippen LogP contribution in [0.15, 0.2) is 72.8 Å². The highest BCUT2D eigenvalue weighted by Gasteiger charge is 2.71. The van der Waals surface area contributed by atoms with Crippen molar-refractivity contribution < 1.29 is 19.2 Å². The van der Waals surface area contributed by atoms with Crippen LogP contribution in [0, 0.1) is 5.41 Å². The van der Waals surface area contributed by atoms with E-state index in [-0.39, 0.29) is 23.3 Å². The molecule has 0 saturated carbocycles. The van der Waals surface area contributed by atoms with Gasteiger partial charge in [-0.25, -0.2) is 0 Å². The number of ketones is 3. The van der Waals surface area contributed by atoms with Crippen molar-refractivity contribution in [3.8, 4) is 0 Å². The maximum atomic E-state index is 14.4. The molecule has 0 bridgehead atoms. The van der Waals surface area contributed by atoms with Crippen LogP contribution in [0.4, 0.5) is 11.4 Å². The molecule has 0 aromatic heterocycles. The highest BCUT2D eigenvalue weighted by Crippen LogP contribution is 2.61. The first-order valence-corrected chi connectivity index (χ1v) is 12.5. The zero-order chi connectivity index (χ0) is 26.1. The van der Waals surface area contributed by atoms with Gasteiger partial charge < -0.3 is 10.2 Å². The molecule has 7 heteroatoms. The molecule has 3 aliphatic rings. The highest BCUT2D eigenvalue weighted by atomic mass is 35.5. The Bertz CT molecular complexity index is 1510. The van der Waals surface area contributed by atoms with E-state index in [1.807, 2.05) is 23.1 Å². The molecule has 37 heavy (non-hydrogen) atoms. The van der Waals surface area contributed by atoms with Crippen LogP contribution < -0.4 is 10.2 Å². The summed E-state index contributed by atoms with van der Waals surface area (Å²) in [5.41, 5.74) is 1.92. The second-order valence-corrected chi connectivity index (χ2v) is 10.2. The minimum Gasteiger partial charge on any atom is -0.352 e. The monoisotopic (exact) mass is 510 g/mol. The molecule has 0 unspecified atom stereocenters. The fraction of sp³-hybridized carbons (Fsp3) is 0.200. The second kappa shape index (κ2) is 8.25. The number of anilines is 2. The molecule has 1 saturated heterocycles. The number of nitrogens with zero attached hydrogens (tertiary/aromatic N) is 1. The Labute approximate surface area is 218 Å². The van der Waals surface area contributed by atoms with Gasteiger partial charge in [-0.15, -0.1) is 0 Å². The van der Waals surface area contributed by atoms with Crippen molar-refractivity contribution in [2.24, 2.45) is 5.41 Å². The molecule has 2 aliphatic heterocycles. The number of amides is 1. The lowest BCUT2D eigenvalue weighted by Crippen LogP contribution is -2.48. The molecule has 3 aromatic carbocycles. The Morgan fingerprint density at radius 2 is 1.54 bits per heavy atom. The lowest BCUT2D eigenvalue weighted by molar-refractivity contribution is -0.118. The standard InChI is InChI=1S/C30H23ClN2O4/c1-16(34)27-26(18-10-12-19(31)13-11-18)30(28(36)20-6-3-4-7-21(20)29(30)37)25-15-14-22-23(32-17(2)35)8-5-9-24(22)33(25)27/h3-15,25-27H,1-2H3,(H,32,35)/t25-,26-,27+/m1/s1. The van der Waals surface area contributed by atoms with E-state index in [0.29, 0.717) is 33.1 Å². The summed E-state index contributed by atoms with van der Waals surface area (Å²) in [6, 6.07) is 17.8. The first kappa shape index (κ1) is 23.4. The summed E-state index contributed by atoms with van der Waals surface area (Å²) in [7, 11) is 0. The lowest BCUT2D eigenvalue weighted by Gasteiger charge is -2.37. The number of Topliss-reactive ketones (excluding diaryl/α,β-unsaturated/α-hetero) is 3. The number of nitrogens with one attached hydrogen (secondary N) is 1. The Morgan fingerprint density at radius 3 is 2.14 bits per heavy atom. The number of benzene rings is 3. The summed E-state index contributed by atoms with van der Waals surface area (Å²) >= 11 is 6.19. The highest BCUT2D eigenvalue weighted by molar-refractivity contribution is 6.32. The van der Waals surface area contributed by atoms with E-state index in [0.717, 1.165) is 5.56 Å². The maximum Gasteiger partial charge on any atom is 0.221 e. The summed E-state index contributed by atoms with van der Waals surface area (Å²) in [5.74, 6) is -1.69. The summed E-state index contributed by atoms with van der Waals surface area (Å²) in [5, 5.41) is 3.37. The van der Waals surface area contributed by atoms with Gasteiger partial charge in [0.05, 0.1) is 17.8 Å². The summed E-state index contributed by atoms with van der Waals surface area (Å²) < 4.78 is 0. The summed E-state index contributed by atoms with van der Waals surface area (Å²) in [6.45, 7) is 2.93. The first-order valence-electron chi connectivity index (χ1n) is 12.1. The molecule has 1 amide bonds. The number of carbonyl (C=O) groups excluding carboxylic acids is 4. The Morgan fingerprint density at radius 1 is 0.892 bits per heavy atom. The number of carbonyl (C=O) groups is 4. The van der Waals surface area contributed by atoms with Gasteiger partial charge in [0.25, 0.3) is 0 Å². The van der Waals surface area contributed by atoms with E-state index >= 15 is 0 Å². The molecule has 2 heterocycles.